The molecule has 26 heavy (non-hydrogen) atoms. The number of rotatable bonds is 5. The first-order valence-electron chi connectivity index (χ1n) is 7.58. The standard InChI is InChI=1S/C17H14Cl2N4O2S/c18-9-5-6-12-14(7-9)26-17(22-12)23-15(24)8-13(21-16(20)25)10-3-1-2-4-11(10)19/h1-7,13H,8H2,(H3,20,21,25)(H,22,23,24)/t13-/m0/s1. The summed E-state index contributed by atoms with van der Waals surface area (Å²) in [6.45, 7) is 0. The monoisotopic (exact) mass is 408 g/mol. The number of aromatic nitrogens is 1. The number of urea groups is 1. The van der Waals surface area contributed by atoms with Gasteiger partial charge >= 0.3 is 6.03 Å². The Kier molecular flexibility index (Phi) is 5.61. The molecule has 2 aromatic carbocycles. The van der Waals surface area contributed by atoms with Crippen molar-refractivity contribution in [1.82, 2.24) is 10.3 Å². The van der Waals surface area contributed by atoms with Gasteiger partial charge in [-0.25, -0.2) is 9.78 Å². The number of nitrogens with two attached hydrogens (primary N) is 1. The minimum Gasteiger partial charge on any atom is -0.352 e. The molecule has 6 nitrogen and oxygen atoms in total. The van der Waals surface area contributed by atoms with Gasteiger partial charge in [-0.2, -0.15) is 0 Å². The van der Waals surface area contributed by atoms with Crippen molar-refractivity contribution in [2.75, 3.05) is 5.32 Å². The lowest BCUT2D eigenvalue weighted by molar-refractivity contribution is -0.116. The molecule has 0 aliphatic carbocycles. The summed E-state index contributed by atoms with van der Waals surface area (Å²) in [6, 6.07) is 10.9. The second-order valence-corrected chi connectivity index (χ2v) is 7.34. The van der Waals surface area contributed by atoms with Crippen LogP contribution in [0, 0.1) is 0 Å². The van der Waals surface area contributed by atoms with Crippen molar-refractivity contribution in [3.05, 3.63) is 58.1 Å². The highest BCUT2D eigenvalue weighted by atomic mass is 35.5. The largest absolute Gasteiger partial charge is 0.352 e. The Balaban J connectivity index is 1.76. The third-order valence-corrected chi connectivity index (χ3v) is 5.10. The van der Waals surface area contributed by atoms with Crippen LogP contribution in [0.3, 0.4) is 0 Å². The highest BCUT2D eigenvalue weighted by Crippen LogP contribution is 2.29. The molecule has 134 valence electrons. The Hall–Kier alpha value is -2.35. The fourth-order valence-electron chi connectivity index (χ4n) is 2.48. The van der Waals surface area contributed by atoms with Gasteiger partial charge in [0, 0.05) is 10.0 Å². The van der Waals surface area contributed by atoms with Crippen LogP contribution in [0.4, 0.5) is 9.93 Å². The number of primary amides is 1. The summed E-state index contributed by atoms with van der Waals surface area (Å²) < 4.78 is 0.866. The van der Waals surface area contributed by atoms with Gasteiger partial charge in [0.25, 0.3) is 0 Å². The minimum atomic E-state index is -0.739. The lowest BCUT2D eigenvalue weighted by Gasteiger charge is -2.18. The first kappa shape index (κ1) is 18.4. The molecule has 0 radical (unpaired) electrons. The predicted octanol–water partition coefficient (Wildman–Crippen LogP) is 4.34. The molecular weight excluding hydrogens is 395 g/mol. The molecule has 3 rings (SSSR count). The number of hydrogen-bond acceptors (Lipinski definition) is 4. The van der Waals surface area contributed by atoms with Crippen molar-refractivity contribution in [3.8, 4) is 0 Å². The average Bonchev–Trinajstić information content (AvgIpc) is 2.95. The van der Waals surface area contributed by atoms with Crippen molar-refractivity contribution < 1.29 is 9.59 Å². The van der Waals surface area contributed by atoms with E-state index < -0.39 is 12.1 Å². The van der Waals surface area contributed by atoms with Crippen LogP contribution in [-0.4, -0.2) is 16.9 Å². The molecule has 9 heteroatoms. The third kappa shape index (κ3) is 4.43. The molecule has 1 heterocycles. The summed E-state index contributed by atoms with van der Waals surface area (Å²) in [4.78, 5) is 28.1. The SMILES string of the molecule is NC(=O)N[C@@H](CC(=O)Nc1nc2ccc(Cl)cc2s1)c1ccccc1Cl. The highest BCUT2D eigenvalue weighted by Gasteiger charge is 2.20. The molecular formula is C17H14Cl2N4O2S. The molecule has 0 bridgehead atoms. The number of nitrogens with zero attached hydrogens (tertiary/aromatic N) is 1. The zero-order chi connectivity index (χ0) is 18.7. The van der Waals surface area contributed by atoms with Crippen molar-refractivity contribution in [1.29, 1.82) is 0 Å². The Labute approximate surface area is 163 Å². The summed E-state index contributed by atoms with van der Waals surface area (Å²) in [7, 11) is 0. The van der Waals surface area contributed by atoms with Crippen LogP contribution in [0.1, 0.15) is 18.0 Å². The number of fused-ring (bicyclic) bond motifs is 1. The minimum absolute atomic E-state index is 0.0383. The first-order valence-corrected chi connectivity index (χ1v) is 9.16. The van der Waals surface area contributed by atoms with Gasteiger partial charge in [-0.05, 0) is 29.8 Å². The van der Waals surface area contributed by atoms with E-state index in [-0.39, 0.29) is 12.3 Å². The number of halogens is 2. The van der Waals surface area contributed by atoms with E-state index in [1.165, 1.54) is 11.3 Å². The quantitative estimate of drug-likeness (QED) is 0.585. The Morgan fingerprint density at radius 2 is 1.96 bits per heavy atom. The van der Waals surface area contributed by atoms with Gasteiger partial charge in [-0.15, -0.1) is 0 Å². The fraction of sp³-hybridized carbons (Fsp3) is 0.118. The first-order chi connectivity index (χ1) is 12.4. The lowest BCUT2D eigenvalue weighted by atomic mass is 10.0. The van der Waals surface area contributed by atoms with E-state index in [9.17, 15) is 9.59 Å². The Bertz CT molecular complexity index is 976. The van der Waals surface area contributed by atoms with E-state index in [4.69, 9.17) is 28.9 Å². The van der Waals surface area contributed by atoms with Gasteiger partial charge in [0.2, 0.25) is 5.91 Å². The van der Waals surface area contributed by atoms with Crippen LogP contribution in [-0.2, 0) is 4.79 Å². The van der Waals surface area contributed by atoms with Gasteiger partial charge < -0.3 is 16.4 Å². The fourth-order valence-corrected chi connectivity index (χ4v) is 3.90. The number of benzene rings is 2. The molecule has 1 aromatic heterocycles. The van der Waals surface area contributed by atoms with Crippen molar-refractivity contribution in [2.24, 2.45) is 5.73 Å². The second kappa shape index (κ2) is 7.90. The molecule has 0 fully saturated rings. The molecule has 0 unspecified atom stereocenters. The predicted molar refractivity (Wildman–Crippen MR) is 105 cm³/mol. The number of amides is 3. The molecule has 0 saturated heterocycles. The van der Waals surface area contributed by atoms with Crippen molar-refractivity contribution in [3.63, 3.8) is 0 Å². The van der Waals surface area contributed by atoms with Gasteiger partial charge in [0.15, 0.2) is 5.13 Å². The highest BCUT2D eigenvalue weighted by molar-refractivity contribution is 7.22. The van der Waals surface area contributed by atoms with E-state index in [1.807, 2.05) is 0 Å². The Morgan fingerprint density at radius 3 is 2.69 bits per heavy atom. The van der Waals surface area contributed by atoms with E-state index in [0.717, 1.165) is 10.2 Å². The molecule has 3 aromatic rings. The smallest absolute Gasteiger partial charge is 0.312 e. The Morgan fingerprint density at radius 1 is 1.19 bits per heavy atom. The summed E-state index contributed by atoms with van der Waals surface area (Å²) in [6.07, 6.45) is -0.0383. The topological polar surface area (TPSA) is 97.1 Å². The zero-order valence-electron chi connectivity index (χ0n) is 13.3. The number of carbonyl (C=O) groups is 2. The normalized spacial score (nSPS) is 11.9. The number of nitrogens with one attached hydrogen (secondary N) is 2. The molecule has 0 saturated carbocycles. The molecule has 0 spiro atoms. The second-order valence-electron chi connectivity index (χ2n) is 5.47. The van der Waals surface area contributed by atoms with Gasteiger partial charge in [-0.3, -0.25) is 4.79 Å². The summed E-state index contributed by atoms with van der Waals surface area (Å²) >= 11 is 13.4. The van der Waals surface area contributed by atoms with Crippen LogP contribution in [0.15, 0.2) is 42.5 Å². The van der Waals surface area contributed by atoms with Crippen LogP contribution in [0.5, 0.6) is 0 Å². The molecule has 4 N–H and O–H groups in total. The van der Waals surface area contributed by atoms with Crippen LogP contribution in [0.25, 0.3) is 10.2 Å². The maximum absolute atomic E-state index is 12.4. The zero-order valence-corrected chi connectivity index (χ0v) is 15.7. The molecule has 1 atom stereocenters. The maximum atomic E-state index is 12.4. The van der Waals surface area contributed by atoms with E-state index in [2.05, 4.69) is 15.6 Å². The number of carbonyl (C=O) groups excluding carboxylic acids is 2. The van der Waals surface area contributed by atoms with Crippen LogP contribution >= 0.6 is 34.5 Å². The van der Waals surface area contributed by atoms with Gasteiger partial charge in [-0.1, -0.05) is 52.7 Å². The van der Waals surface area contributed by atoms with Crippen LogP contribution < -0.4 is 16.4 Å². The number of hydrogen-bond donors (Lipinski definition) is 3. The van der Waals surface area contributed by atoms with Crippen molar-refractivity contribution >= 4 is 61.8 Å². The van der Waals surface area contributed by atoms with E-state index in [0.29, 0.717) is 20.7 Å². The van der Waals surface area contributed by atoms with Gasteiger partial charge in [0.05, 0.1) is 22.7 Å². The lowest BCUT2D eigenvalue weighted by Crippen LogP contribution is -2.35. The van der Waals surface area contributed by atoms with Crippen LogP contribution in [0.2, 0.25) is 10.0 Å². The average molecular weight is 409 g/mol. The van der Waals surface area contributed by atoms with E-state index in [1.54, 1.807) is 42.5 Å². The summed E-state index contributed by atoms with van der Waals surface area (Å²) in [5, 5.41) is 6.77. The summed E-state index contributed by atoms with van der Waals surface area (Å²) in [5.41, 5.74) is 6.58. The number of thiazole rings is 1. The number of anilines is 1. The van der Waals surface area contributed by atoms with Crippen molar-refractivity contribution in [2.45, 2.75) is 12.5 Å². The third-order valence-electron chi connectivity index (χ3n) is 3.58. The summed E-state index contributed by atoms with van der Waals surface area (Å²) in [5.74, 6) is -0.325. The maximum Gasteiger partial charge on any atom is 0.312 e. The molecule has 0 aliphatic heterocycles. The molecule has 0 aliphatic rings. The van der Waals surface area contributed by atoms with Gasteiger partial charge in [0.1, 0.15) is 0 Å². The van der Waals surface area contributed by atoms with E-state index >= 15 is 0 Å². The molecule has 3 amide bonds.